The molecule has 7 rings (SSSR count). The van der Waals surface area contributed by atoms with Crippen molar-refractivity contribution in [2.45, 2.75) is 192 Å². The van der Waals surface area contributed by atoms with Crippen LogP contribution >= 0.6 is 0 Å². The predicted octanol–water partition coefficient (Wildman–Crippen LogP) is 12.7. The van der Waals surface area contributed by atoms with E-state index in [0.29, 0.717) is 42.1 Å². The van der Waals surface area contributed by atoms with Crippen molar-refractivity contribution in [2.75, 3.05) is 6.61 Å². The number of hydrogen-bond donors (Lipinski definition) is 4. The van der Waals surface area contributed by atoms with Gasteiger partial charge < -0.3 is 44.0 Å². The van der Waals surface area contributed by atoms with Gasteiger partial charge in [0.2, 0.25) is 0 Å². The van der Waals surface area contributed by atoms with Gasteiger partial charge in [0.1, 0.15) is 35.6 Å². The molecule has 4 aliphatic rings. The van der Waals surface area contributed by atoms with Crippen molar-refractivity contribution in [3.63, 3.8) is 0 Å². The zero-order valence-electron chi connectivity index (χ0n) is 52.7. The molecule has 17 heteroatoms. The van der Waals surface area contributed by atoms with Gasteiger partial charge >= 0.3 is 17.9 Å². The van der Waals surface area contributed by atoms with Gasteiger partial charge in [0.25, 0.3) is 5.91 Å². The molecule has 10 unspecified atom stereocenters. The van der Waals surface area contributed by atoms with E-state index in [1.165, 1.54) is 19.1 Å². The Bertz CT molecular complexity index is 3010. The molecule has 4 N–H and O–H groups in total. The molecule has 0 spiro atoms. The number of rotatable bonds is 28. The molecule has 1 aliphatic heterocycles. The van der Waals surface area contributed by atoms with Crippen LogP contribution in [0, 0.1) is 105 Å². The monoisotopic (exact) mass is 1650 g/mol. The van der Waals surface area contributed by atoms with Crippen molar-refractivity contribution in [3.05, 3.63) is 192 Å². The van der Waals surface area contributed by atoms with Crippen molar-refractivity contribution in [3.8, 4) is 0 Å². The summed E-state index contributed by atoms with van der Waals surface area (Å²) in [5, 5.41) is 43.1. The summed E-state index contributed by atoms with van der Waals surface area (Å²) in [5.41, 5.74) is -6.71. The first-order valence-electron chi connectivity index (χ1n) is 30.9. The standard InChI is InChI=1S/C71H91NO13Si.2Ac/c1-9-13-14-15-16-17-18-19-20-21-22-23-24-25-26-27-28-29-39-46-57(73)83-55-47-56-70(79,49-81-56)62-64(84-66(77)53-44-37-32-38-45-53)71(80)48-54(50(5)58(68(71,6)7)60(74)63(75)69(55,62)8)82-67(78)61(85-86(10-2,11-3)12-4)59(51-40-33-30-34-41-51)72-65(76)52-42-35-31-36-43-52;;/h13-14,16-17,19-20,22-23,25-26,28-38,40-45,54-56,59-62,64,74,79-80H,9-12,15,18,21,24,27,39,46-49H2,1-8H3,(H,72,76);;/b14-13-,17-16-,20-19-,23-22-,26-25-,29-28-;;/t54?,55?,56?,59?,60?,61-,62?,64?,69?,70?,71?;;/m1../s1. The van der Waals surface area contributed by atoms with E-state index in [2.05, 4.69) is 73.0 Å². The van der Waals surface area contributed by atoms with Crippen molar-refractivity contribution in [2.24, 2.45) is 16.7 Å². The molecule has 1 heterocycles. The Hall–Kier alpha value is -3.71. The number of carbonyl (C=O) groups excluding carboxylic acids is 5. The molecule has 2 saturated carbocycles. The molecule has 1 amide bonds. The fourth-order valence-electron chi connectivity index (χ4n) is 13.1. The summed E-state index contributed by atoms with van der Waals surface area (Å²) in [6.45, 7) is 14.2. The van der Waals surface area contributed by atoms with Gasteiger partial charge in [-0.2, -0.15) is 0 Å². The number of ether oxygens (including phenoxy) is 4. The predicted molar refractivity (Wildman–Crippen MR) is 336 cm³/mol. The average Bonchev–Trinajstić information content (AvgIpc) is 0.679. The third kappa shape index (κ3) is 17.3. The van der Waals surface area contributed by atoms with Crippen molar-refractivity contribution < 1.29 is 151 Å². The summed E-state index contributed by atoms with van der Waals surface area (Å²) in [4.78, 5) is 74.3. The van der Waals surface area contributed by atoms with Gasteiger partial charge in [0, 0.05) is 124 Å². The summed E-state index contributed by atoms with van der Waals surface area (Å²) in [6.07, 6.45) is 21.1. The Kier molecular flexibility index (Phi) is 29.7. The largest absolute Gasteiger partial charge is 0.461 e. The Morgan fingerprint density at radius 1 is 0.693 bits per heavy atom. The number of allylic oxidation sites excluding steroid dienone is 12. The number of aliphatic hydroxyl groups is 3. The minimum Gasteiger partial charge on any atom is -0.461 e. The van der Waals surface area contributed by atoms with E-state index >= 15 is 9.59 Å². The maximum absolute atomic E-state index is 15.9. The summed E-state index contributed by atoms with van der Waals surface area (Å²) in [7, 11) is -2.74. The van der Waals surface area contributed by atoms with Gasteiger partial charge in [-0.25, -0.2) is 9.59 Å². The first-order valence-corrected chi connectivity index (χ1v) is 33.4. The van der Waals surface area contributed by atoms with Crippen molar-refractivity contribution in [1.29, 1.82) is 0 Å². The number of ketones is 1. The summed E-state index contributed by atoms with van der Waals surface area (Å²) >= 11 is 0. The molecule has 0 aromatic heterocycles. The third-order valence-electron chi connectivity index (χ3n) is 18.6. The van der Waals surface area contributed by atoms with E-state index in [-0.39, 0.29) is 124 Å². The van der Waals surface area contributed by atoms with Gasteiger partial charge in [0.05, 0.1) is 29.7 Å². The van der Waals surface area contributed by atoms with E-state index in [0.717, 1.165) is 32.1 Å². The molecular weight excluding hydrogens is 1560 g/mol. The van der Waals surface area contributed by atoms with E-state index in [1.807, 2.05) is 39.0 Å². The van der Waals surface area contributed by atoms with Gasteiger partial charge in [-0.15, -0.1) is 0 Å². The van der Waals surface area contributed by atoms with E-state index in [1.54, 1.807) is 93.6 Å². The topological polar surface area (TPSA) is 204 Å². The fourth-order valence-corrected chi connectivity index (χ4v) is 15.9. The van der Waals surface area contributed by atoms with Crippen LogP contribution in [0.15, 0.2) is 175 Å². The van der Waals surface area contributed by atoms with Crippen LogP contribution in [0.25, 0.3) is 0 Å². The molecule has 88 heavy (non-hydrogen) atoms. The van der Waals surface area contributed by atoms with Crippen LogP contribution in [0.3, 0.4) is 0 Å². The van der Waals surface area contributed by atoms with Gasteiger partial charge in [-0.3, -0.25) is 14.4 Å². The molecule has 468 valence electrons. The van der Waals surface area contributed by atoms with Crippen LogP contribution in [0.4, 0.5) is 0 Å². The Morgan fingerprint density at radius 2 is 1.19 bits per heavy atom. The summed E-state index contributed by atoms with van der Waals surface area (Å²) in [5.74, 6) is -5.30. The SMILES string of the molecule is CC/C=C\C/C=C\C/C=C\C/C=C\C/C=C\C/C=C\CCC(=O)OC1CC2OCC2(O)C2C(OC(=O)c3ccccc3)C3(O)CC(OC(=O)[C@H](O[Si](CC)(CC)CC)C(NC(=O)c4ccccc4)c4ccccc4)C(C)=C(C(O)C(=O)C12C)C3(C)C.[Ac].[Ac]. The molecule has 11 atom stereocenters. The molecule has 1 saturated heterocycles. The number of nitrogens with one attached hydrogen (secondary N) is 1. The number of aliphatic hydroxyl groups excluding tert-OH is 1. The Labute approximate surface area is 594 Å². The van der Waals surface area contributed by atoms with Crippen LogP contribution in [0.2, 0.25) is 18.1 Å². The van der Waals surface area contributed by atoms with E-state index in [9.17, 15) is 29.7 Å². The first kappa shape index (κ1) is 75.0. The molecule has 2 radical (unpaired) electrons. The molecule has 3 aliphatic carbocycles. The maximum atomic E-state index is 15.9. The second-order valence-corrected chi connectivity index (χ2v) is 28.7. The van der Waals surface area contributed by atoms with Crippen LogP contribution in [-0.2, 0) is 37.8 Å². The van der Waals surface area contributed by atoms with Gasteiger partial charge in [0.15, 0.2) is 20.2 Å². The van der Waals surface area contributed by atoms with Crippen LogP contribution < -0.4 is 5.32 Å². The number of fused-ring (bicyclic) bond motifs is 5. The molecular formula is C71H91Ac2NO13Si. The zero-order valence-corrected chi connectivity index (χ0v) is 63.2. The quantitative estimate of drug-likeness (QED) is 0.0231. The van der Waals surface area contributed by atoms with Crippen LogP contribution in [0.1, 0.15) is 152 Å². The molecule has 3 aromatic rings. The van der Waals surface area contributed by atoms with Crippen LogP contribution in [0.5, 0.6) is 0 Å². The van der Waals surface area contributed by atoms with Gasteiger partial charge in [-0.05, 0) is 118 Å². The Morgan fingerprint density at radius 3 is 1.69 bits per heavy atom. The van der Waals surface area contributed by atoms with Crippen molar-refractivity contribution in [1.82, 2.24) is 5.32 Å². The number of hydrogen-bond acceptors (Lipinski definition) is 13. The maximum Gasteiger partial charge on any atom is 0.338 e. The zero-order chi connectivity index (χ0) is 62.1. The minimum absolute atomic E-state index is 0. The van der Waals surface area contributed by atoms with E-state index < -0.39 is 115 Å². The van der Waals surface area contributed by atoms with Gasteiger partial charge in [-0.1, -0.05) is 181 Å². The normalized spacial score (nSPS) is 26.6. The Balaban J connectivity index is 0.00000705. The minimum atomic E-state index is -2.74. The fraction of sp³-hybridized carbons (Fsp3) is 0.479. The average molecular weight is 1650 g/mol. The van der Waals surface area contributed by atoms with Crippen molar-refractivity contribution >= 4 is 37.9 Å². The first-order chi connectivity index (χ1) is 41.3. The van der Waals surface area contributed by atoms with Crippen LogP contribution in [-0.4, -0.2) is 108 Å². The summed E-state index contributed by atoms with van der Waals surface area (Å²) < 4.78 is 32.6. The summed E-state index contributed by atoms with van der Waals surface area (Å²) in [6, 6.07) is 26.5. The number of amides is 1. The molecule has 14 nitrogen and oxygen atoms in total. The smallest absolute Gasteiger partial charge is 0.338 e. The number of esters is 3. The number of carbonyl (C=O) groups is 5. The molecule has 3 fully saturated rings. The second kappa shape index (κ2) is 34.8. The molecule has 3 aromatic carbocycles. The third-order valence-corrected chi connectivity index (χ3v) is 23.2. The second-order valence-electron chi connectivity index (χ2n) is 24.0. The molecule has 2 bridgehead atoms. The number of benzene rings is 3. The van der Waals surface area contributed by atoms with E-state index in [4.69, 9.17) is 23.4 Å². The number of Topliss-reactive ketones (excluding diaryl/α,β-unsaturated/α-hetero) is 1.